The molecule has 1 heterocycles. The fourth-order valence-electron chi connectivity index (χ4n) is 1.57. The highest BCUT2D eigenvalue weighted by Gasteiger charge is 2.33. The molecule has 2 rings (SSSR count). The Kier molecular flexibility index (Phi) is 5.23. The van der Waals surface area contributed by atoms with E-state index in [-0.39, 0.29) is 12.8 Å². The average molecular weight is 263 g/mol. The number of amides is 2. The predicted molar refractivity (Wildman–Crippen MR) is 69.0 cm³/mol. The van der Waals surface area contributed by atoms with E-state index in [0.29, 0.717) is 10.6 Å². The Hall–Kier alpha value is -2.17. The van der Waals surface area contributed by atoms with Gasteiger partial charge >= 0.3 is 5.97 Å². The summed E-state index contributed by atoms with van der Waals surface area (Å²) in [6.07, 6.45) is 0.194. The van der Waals surface area contributed by atoms with Crippen LogP contribution >= 0.6 is 0 Å². The molecule has 0 saturated carbocycles. The van der Waals surface area contributed by atoms with Crippen LogP contribution in [0.3, 0.4) is 0 Å². The van der Waals surface area contributed by atoms with E-state index in [1.54, 1.807) is 18.2 Å². The smallest absolute Gasteiger partial charge is 0.325 e. The summed E-state index contributed by atoms with van der Waals surface area (Å²) in [6, 6.07) is 6.75. The molecule has 0 aromatic heterocycles. The van der Waals surface area contributed by atoms with Crippen molar-refractivity contribution in [1.82, 2.24) is 5.06 Å². The van der Waals surface area contributed by atoms with E-state index < -0.39 is 17.8 Å². The minimum atomic E-state index is -0.697. The van der Waals surface area contributed by atoms with Crippen LogP contribution in [0.1, 0.15) is 42.6 Å². The highest BCUT2D eigenvalue weighted by atomic mass is 16.7. The van der Waals surface area contributed by atoms with Gasteiger partial charge in [-0.1, -0.05) is 31.5 Å². The number of imide groups is 1. The Morgan fingerprint density at radius 3 is 2.26 bits per heavy atom. The number of benzene rings is 1. The number of carbonyl (C=O) groups is 3. The molecule has 1 saturated heterocycles. The third-order valence-corrected chi connectivity index (χ3v) is 2.43. The number of rotatable bonds is 2. The number of nitrogens with zero attached hydrogens (tertiary/aromatic N) is 1. The maximum Gasteiger partial charge on any atom is 0.363 e. The molecule has 0 atom stereocenters. The standard InChI is InChI=1S/C12H11NO4.C2H6/c1-8-3-2-4-9(7-8)12(16)17-13-10(14)5-6-11(13)15;1-2/h2-4,7H,5-6H2,1H3;1-2H3. The molecule has 102 valence electrons. The van der Waals surface area contributed by atoms with Gasteiger partial charge in [-0.05, 0) is 19.1 Å². The summed E-state index contributed by atoms with van der Waals surface area (Å²) in [4.78, 5) is 38.9. The van der Waals surface area contributed by atoms with Crippen molar-refractivity contribution >= 4 is 17.8 Å². The van der Waals surface area contributed by atoms with E-state index >= 15 is 0 Å². The zero-order valence-electron chi connectivity index (χ0n) is 11.3. The molecule has 1 aliphatic rings. The molecule has 0 radical (unpaired) electrons. The molecule has 5 nitrogen and oxygen atoms in total. The summed E-state index contributed by atoms with van der Waals surface area (Å²) in [5.74, 6) is -1.65. The zero-order chi connectivity index (χ0) is 14.4. The normalized spacial score (nSPS) is 13.9. The molecular weight excluding hydrogens is 246 g/mol. The Bertz CT molecular complexity index is 480. The van der Waals surface area contributed by atoms with Gasteiger partial charge in [-0.2, -0.15) is 0 Å². The molecule has 1 aliphatic heterocycles. The van der Waals surface area contributed by atoms with Gasteiger partial charge in [0.1, 0.15) is 0 Å². The summed E-state index contributed by atoms with van der Waals surface area (Å²) in [6.45, 7) is 5.84. The van der Waals surface area contributed by atoms with Crippen LogP contribution in [0.15, 0.2) is 24.3 Å². The van der Waals surface area contributed by atoms with Gasteiger partial charge in [-0.3, -0.25) is 9.59 Å². The highest BCUT2D eigenvalue weighted by molar-refractivity contribution is 6.02. The van der Waals surface area contributed by atoms with Crippen LogP contribution in [-0.4, -0.2) is 22.8 Å². The van der Waals surface area contributed by atoms with Crippen LogP contribution in [0.4, 0.5) is 0 Å². The van der Waals surface area contributed by atoms with Crippen LogP contribution in [0.25, 0.3) is 0 Å². The molecule has 0 aliphatic carbocycles. The van der Waals surface area contributed by atoms with Crippen LogP contribution in [0, 0.1) is 6.92 Å². The highest BCUT2D eigenvalue weighted by Crippen LogP contribution is 2.14. The largest absolute Gasteiger partial charge is 0.363 e. The van der Waals surface area contributed by atoms with Gasteiger partial charge < -0.3 is 4.84 Å². The molecule has 0 unspecified atom stereocenters. The Labute approximate surface area is 112 Å². The average Bonchev–Trinajstić information content (AvgIpc) is 2.73. The fourth-order valence-corrected chi connectivity index (χ4v) is 1.57. The SMILES string of the molecule is CC.Cc1cccc(C(=O)ON2C(=O)CCC2=O)c1. The molecule has 5 heteroatoms. The maximum absolute atomic E-state index is 11.7. The predicted octanol–water partition coefficient (Wildman–Crippen LogP) is 2.24. The van der Waals surface area contributed by atoms with Gasteiger partial charge in [-0.25, -0.2) is 4.79 Å². The van der Waals surface area contributed by atoms with Crippen LogP contribution in [0.5, 0.6) is 0 Å². The Balaban J connectivity index is 0.000000861. The third kappa shape index (κ3) is 3.64. The molecule has 1 aromatic carbocycles. The number of aryl methyl sites for hydroxylation is 1. The first-order chi connectivity index (χ1) is 9.08. The lowest BCUT2D eigenvalue weighted by atomic mass is 10.1. The van der Waals surface area contributed by atoms with Crippen molar-refractivity contribution in [3.63, 3.8) is 0 Å². The van der Waals surface area contributed by atoms with Crippen molar-refractivity contribution in [3.05, 3.63) is 35.4 Å². The fraction of sp³-hybridized carbons (Fsp3) is 0.357. The van der Waals surface area contributed by atoms with Gasteiger partial charge in [0.2, 0.25) is 0 Å². The maximum atomic E-state index is 11.7. The molecule has 1 aromatic rings. The topological polar surface area (TPSA) is 63.7 Å². The lowest BCUT2D eigenvalue weighted by Gasteiger charge is -2.12. The number of carbonyl (C=O) groups excluding carboxylic acids is 3. The quantitative estimate of drug-likeness (QED) is 0.768. The second-order valence-electron chi connectivity index (χ2n) is 3.83. The van der Waals surface area contributed by atoms with Crippen molar-refractivity contribution < 1.29 is 19.2 Å². The van der Waals surface area contributed by atoms with Crippen molar-refractivity contribution in [1.29, 1.82) is 0 Å². The minimum absolute atomic E-state index is 0.0972. The monoisotopic (exact) mass is 263 g/mol. The molecule has 1 fully saturated rings. The first-order valence-corrected chi connectivity index (χ1v) is 6.22. The van der Waals surface area contributed by atoms with E-state index in [4.69, 9.17) is 4.84 Å². The first-order valence-electron chi connectivity index (χ1n) is 6.22. The van der Waals surface area contributed by atoms with Gasteiger partial charge in [0.25, 0.3) is 11.8 Å². The summed E-state index contributed by atoms with van der Waals surface area (Å²) >= 11 is 0. The lowest BCUT2D eigenvalue weighted by molar-refractivity contribution is -0.172. The Morgan fingerprint density at radius 1 is 1.16 bits per heavy atom. The summed E-state index contributed by atoms with van der Waals surface area (Å²) in [7, 11) is 0. The molecular formula is C14H17NO4. The van der Waals surface area contributed by atoms with Gasteiger partial charge in [0.15, 0.2) is 0 Å². The number of hydrogen-bond acceptors (Lipinski definition) is 4. The van der Waals surface area contributed by atoms with E-state index in [1.165, 1.54) is 0 Å². The van der Waals surface area contributed by atoms with Crippen molar-refractivity contribution in [3.8, 4) is 0 Å². The van der Waals surface area contributed by atoms with Crippen LogP contribution < -0.4 is 0 Å². The molecule has 19 heavy (non-hydrogen) atoms. The van der Waals surface area contributed by atoms with E-state index in [2.05, 4.69) is 0 Å². The van der Waals surface area contributed by atoms with Crippen LogP contribution in [0.2, 0.25) is 0 Å². The summed E-state index contributed by atoms with van der Waals surface area (Å²) < 4.78 is 0. The summed E-state index contributed by atoms with van der Waals surface area (Å²) in [5.41, 5.74) is 1.22. The zero-order valence-corrected chi connectivity index (χ0v) is 11.3. The second-order valence-corrected chi connectivity index (χ2v) is 3.83. The Morgan fingerprint density at radius 2 is 1.74 bits per heavy atom. The van der Waals surface area contributed by atoms with Crippen LogP contribution in [-0.2, 0) is 14.4 Å². The lowest BCUT2D eigenvalue weighted by Crippen LogP contribution is -2.32. The van der Waals surface area contributed by atoms with Crippen molar-refractivity contribution in [2.24, 2.45) is 0 Å². The van der Waals surface area contributed by atoms with Gasteiger partial charge in [-0.15, -0.1) is 5.06 Å². The first kappa shape index (κ1) is 14.9. The number of hydroxylamine groups is 2. The van der Waals surface area contributed by atoms with E-state index in [9.17, 15) is 14.4 Å². The number of hydrogen-bond donors (Lipinski definition) is 0. The molecule has 0 bridgehead atoms. The van der Waals surface area contributed by atoms with Crippen molar-refractivity contribution in [2.75, 3.05) is 0 Å². The molecule has 2 amide bonds. The third-order valence-electron chi connectivity index (χ3n) is 2.43. The second kappa shape index (κ2) is 6.68. The van der Waals surface area contributed by atoms with Crippen molar-refractivity contribution in [2.45, 2.75) is 33.6 Å². The summed E-state index contributed by atoms with van der Waals surface area (Å²) in [5, 5.41) is 0.546. The van der Waals surface area contributed by atoms with E-state index in [1.807, 2.05) is 26.8 Å². The van der Waals surface area contributed by atoms with Gasteiger partial charge in [0, 0.05) is 12.8 Å². The minimum Gasteiger partial charge on any atom is -0.325 e. The van der Waals surface area contributed by atoms with E-state index in [0.717, 1.165) is 5.56 Å². The molecule has 0 N–H and O–H groups in total. The molecule has 0 spiro atoms. The van der Waals surface area contributed by atoms with Gasteiger partial charge in [0.05, 0.1) is 5.56 Å².